The third kappa shape index (κ3) is 2.37. The fraction of sp³-hybridized carbons (Fsp3) is 0.714. The topological polar surface area (TPSA) is 81.1 Å². The SMILES string of the molecule is CC(O)C1C(=O)N2C(C(=O)O)=C(SC3CCN(C)C3)CC12. The Hall–Kier alpha value is -1.05. The highest BCUT2D eigenvalue weighted by Gasteiger charge is 2.56. The van der Waals surface area contributed by atoms with Gasteiger partial charge in [0.05, 0.1) is 18.1 Å². The summed E-state index contributed by atoms with van der Waals surface area (Å²) >= 11 is 1.60. The molecule has 1 amide bonds. The highest BCUT2D eigenvalue weighted by Crippen LogP contribution is 2.48. The van der Waals surface area contributed by atoms with Crippen molar-refractivity contribution >= 4 is 23.6 Å². The Balaban J connectivity index is 1.79. The van der Waals surface area contributed by atoms with Crippen molar-refractivity contribution in [2.75, 3.05) is 20.1 Å². The predicted octanol–water partition coefficient (Wildman–Crippen LogP) is 0.331. The van der Waals surface area contributed by atoms with E-state index in [1.807, 2.05) is 0 Å². The van der Waals surface area contributed by atoms with Gasteiger partial charge in [-0.3, -0.25) is 4.79 Å². The number of carbonyl (C=O) groups is 2. The van der Waals surface area contributed by atoms with Gasteiger partial charge in [0, 0.05) is 23.1 Å². The Labute approximate surface area is 127 Å². The van der Waals surface area contributed by atoms with Crippen LogP contribution in [-0.4, -0.2) is 69.4 Å². The number of β-lactam (4-membered cyclic amide) rings is 1. The number of carboxylic acid groups (broad SMARTS) is 1. The molecule has 3 aliphatic heterocycles. The Bertz CT molecular complexity index is 519. The molecule has 2 N–H and O–H groups in total. The number of hydrogen-bond acceptors (Lipinski definition) is 5. The summed E-state index contributed by atoms with van der Waals surface area (Å²) in [4.78, 5) is 28.0. The molecule has 0 radical (unpaired) electrons. The molecule has 21 heavy (non-hydrogen) atoms. The van der Waals surface area contributed by atoms with E-state index in [4.69, 9.17) is 0 Å². The zero-order chi connectivity index (χ0) is 15.3. The summed E-state index contributed by atoms with van der Waals surface area (Å²) in [6.45, 7) is 3.56. The Morgan fingerprint density at radius 2 is 2.19 bits per heavy atom. The lowest BCUT2D eigenvalue weighted by Gasteiger charge is -2.44. The van der Waals surface area contributed by atoms with Gasteiger partial charge in [-0.1, -0.05) is 0 Å². The number of thioether (sulfide) groups is 1. The Morgan fingerprint density at radius 1 is 1.48 bits per heavy atom. The quantitative estimate of drug-likeness (QED) is 0.728. The van der Waals surface area contributed by atoms with Gasteiger partial charge in [-0.05, 0) is 26.9 Å². The van der Waals surface area contributed by atoms with Crippen molar-refractivity contribution in [2.45, 2.75) is 37.2 Å². The van der Waals surface area contributed by atoms with E-state index in [1.54, 1.807) is 18.7 Å². The third-order valence-electron chi connectivity index (χ3n) is 4.55. The fourth-order valence-corrected chi connectivity index (χ4v) is 5.05. The molecule has 3 heterocycles. The Morgan fingerprint density at radius 3 is 2.71 bits per heavy atom. The molecule has 116 valence electrons. The molecule has 6 nitrogen and oxygen atoms in total. The van der Waals surface area contributed by atoms with Crippen LogP contribution in [0.15, 0.2) is 10.6 Å². The van der Waals surface area contributed by atoms with E-state index < -0.39 is 18.0 Å². The van der Waals surface area contributed by atoms with Gasteiger partial charge in [-0.15, -0.1) is 11.8 Å². The molecule has 2 saturated heterocycles. The lowest BCUT2D eigenvalue weighted by atomic mass is 9.83. The van der Waals surface area contributed by atoms with Crippen LogP contribution >= 0.6 is 11.8 Å². The number of amides is 1. The standard InChI is InChI=1S/C14H20N2O4S/c1-7(17)11-9-5-10(21-8-3-4-15(2)6-8)12(14(19)20)16(9)13(11)18/h7-9,11,17H,3-6H2,1-2H3,(H,19,20). The van der Waals surface area contributed by atoms with Crippen molar-refractivity contribution < 1.29 is 19.8 Å². The van der Waals surface area contributed by atoms with E-state index in [2.05, 4.69) is 11.9 Å². The number of rotatable bonds is 4. The second kappa shape index (κ2) is 5.30. The van der Waals surface area contributed by atoms with Crippen LogP contribution in [0.5, 0.6) is 0 Å². The van der Waals surface area contributed by atoms with E-state index >= 15 is 0 Å². The molecule has 0 aromatic heterocycles. The van der Waals surface area contributed by atoms with Gasteiger partial charge in [-0.25, -0.2) is 4.79 Å². The summed E-state index contributed by atoms with van der Waals surface area (Å²) in [5, 5.41) is 19.5. The van der Waals surface area contributed by atoms with Crippen molar-refractivity contribution in [1.82, 2.24) is 9.80 Å². The highest BCUT2D eigenvalue weighted by atomic mass is 32.2. The van der Waals surface area contributed by atoms with Gasteiger partial charge in [0.1, 0.15) is 5.70 Å². The number of carbonyl (C=O) groups excluding carboxylic acids is 1. The van der Waals surface area contributed by atoms with Crippen molar-refractivity contribution in [1.29, 1.82) is 0 Å². The molecule has 4 unspecified atom stereocenters. The van der Waals surface area contributed by atoms with Gasteiger partial charge >= 0.3 is 5.97 Å². The van der Waals surface area contributed by atoms with Gasteiger partial charge < -0.3 is 20.0 Å². The monoisotopic (exact) mass is 312 g/mol. The van der Waals surface area contributed by atoms with Crippen LogP contribution in [-0.2, 0) is 9.59 Å². The number of nitrogens with zero attached hydrogens (tertiary/aromatic N) is 2. The second-order valence-corrected chi connectivity index (χ2v) is 7.51. The molecule has 0 saturated carbocycles. The molecule has 0 aliphatic carbocycles. The van der Waals surface area contributed by atoms with E-state index in [0.29, 0.717) is 11.7 Å². The van der Waals surface area contributed by atoms with Crippen LogP contribution in [0.2, 0.25) is 0 Å². The fourth-order valence-electron chi connectivity index (χ4n) is 3.53. The first-order chi connectivity index (χ1) is 9.90. The molecular weight excluding hydrogens is 292 g/mol. The second-order valence-electron chi connectivity index (χ2n) is 6.11. The number of aliphatic hydroxyl groups is 1. The number of fused-ring (bicyclic) bond motifs is 1. The minimum Gasteiger partial charge on any atom is -0.477 e. The highest BCUT2D eigenvalue weighted by molar-refractivity contribution is 8.03. The molecule has 2 fully saturated rings. The molecule has 0 bridgehead atoms. The largest absolute Gasteiger partial charge is 0.477 e. The predicted molar refractivity (Wildman–Crippen MR) is 78.6 cm³/mol. The van der Waals surface area contributed by atoms with Crippen LogP contribution in [0.1, 0.15) is 19.8 Å². The van der Waals surface area contributed by atoms with Crippen molar-refractivity contribution in [3.05, 3.63) is 10.6 Å². The molecular formula is C14H20N2O4S. The number of aliphatic hydroxyl groups excluding tert-OH is 1. The number of likely N-dealkylation sites (tertiary alicyclic amines) is 1. The van der Waals surface area contributed by atoms with Crippen molar-refractivity contribution in [2.24, 2.45) is 5.92 Å². The maximum atomic E-state index is 12.1. The zero-order valence-corrected chi connectivity index (χ0v) is 13.0. The molecule has 7 heteroatoms. The molecule has 3 rings (SSSR count). The minimum atomic E-state index is -1.04. The molecule has 0 aromatic carbocycles. The van der Waals surface area contributed by atoms with E-state index in [-0.39, 0.29) is 17.6 Å². The molecule has 3 aliphatic rings. The first kappa shape index (κ1) is 14.9. The first-order valence-corrected chi connectivity index (χ1v) is 8.11. The van der Waals surface area contributed by atoms with Crippen LogP contribution < -0.4 is 0 Å². The summed E-state index contributed by atoms with van der Waals surface area (Å²) in [7, 11) is 2.06. The van der Waals surface area contributed by atoms with E-state index in [1.165, 1.54) is 4.90 Å². The summed E-state index contributed by atoms with van der Waals surface area (Å²) in [6, 6.07) is -0.176. The lowest BCUT2D eigenvalue weighted by molar-refractivity contribution is -0.161. The van der Waals surface area contributed by atoms with Gasteiger partial charge in [0.15, 0.2) is 0 Å². The normalized spacial score (nSPS) is 34.1. The molecule has 4 atom stereocenters. The van der Waals surface area contributed by atoms with Gasteiger partial charge in [-0.2, -0.15) is 0 Å². The van der Waals surface area contributed by atoms with Gasteiger partial charge in [0.25, 0.3) is 0 Å². The maximum absolute atomic E-state index is 12.1. The van der Waals surface area contributed by atoms with E-state index in [0.717, 1.165) is 24.4 Å². The van der Waals surface area contributed by atoms with Crippen molar-refractivity contribution in [3.8, 4) is 0 Å². The molecule has 0 aromatic rings. The average molecular weight is 312 g/mol. The number of hydrogen-bond donors (Lipinski definition) is 2. The first-order valence-electron chi connectivity index (χ1n) is 7.23. The lowest BCUT2D eigenvalue weighted by Crippen LogP contribution is -2.61. The summed E-state index contributed by atoms with van der Waals surface area (Å²) in [5.74, 6) is -1.75. The third-order valence-corrected chi connectivity index (χ3v) is 5.91. The maximum Gasteiger partial charge on any atom is 0.353 e. The van der Waals surface area contributed by atoms with Crippen LogP contribution in [0.3, 0.4) is 0 Å². The Kier molecular flexibility index (Phi) is 3.75. The van der Waals surface area contributed by atoms with E-state index in [9.17, 15) is 19.8 Å². The number of aliphatic carboxylic acids is 1. The summed E-state index contributed by atoms with van der Waals surface area (Å²) < 4.78 is 0. The smallest absolute Gasteiger partial charge is 0.353 e. The van der Waals surface area contributed by atoms with Crippen LogP contribution in [0.4, 0.5) is 0 Å². The molecule has 0 spiro atoms. The average Bonchev–Trinajstić information content (AvgIpc) is 2.91. The zero-order valence-electron chi connectivity index (χ0n) is 12.2. The summed E-state index contributed by atoms with van der Waals surface area (Å²) in [5.41, 5.74) is 0.140. The number of carboxylic acids is 1. The minimum absolute atomic E-state index is 0.140. The van der Waals surface area contributed by atoms with Crippen LogP contribution in [0.25, 0.3) is 0 Å². The van der Waals surface area contributed by atoms with Crippen molar-refractivity contribution in [3.63, 3.8) is 0 Å². The summed E-state index contributed by atoms with van der Waals surface area (Å²) in [6.07, 6.45) is 0.875. The van der Waals surface area contributed by atoms with Crippen LogP contribution in [0, 0.1) is 5.92 Å². The van der Waals surface area contributed by atoms with Gasteiger partial charge in [0.2, 0.25) is 5.91 Å².